The van der Waals surface area contributed by atoms with Crippen LogP contribution in [0.5, 0.6) is 0 Å². The Balaban J connectivity index is 2.64. The van der Waals surface area contributed by atoms with E-state index in [2.05, 4.69) is 0 Å². The summed E-state index contributed by atoms with van der Waals surface area (Å²) in [6.07, 6.45) is 0. The third-order valence-corrected chi connectivity index (χ3v) is 2.77. The summed E-state index contributed by atoms with van der Waals surface area (Å²) in [6, 6.07) is 5.80. The minimum atomic E-state index is -1.64. The van der Waals surface area contributed by atoms with Crippen LogP contribution in [-0.2, 0) is 0 Å². The summed E-state index contributed by atoms with van der Waals surface area (Å²) >= 11 is 0. The average Bonchev–Trinajstić information content (AvgIpc) is 2.43. The molecule has 0 bridgehead atoms. The number of nitriles is 1. The molecule has 1 atom stereocenters. The predicted octanol–water partition coefficient (Wildman–Crippen LogP) is 4.04. The molecule has 1 unspecified atom stereocenters. The molecule has 0 saturated heterocycles. The van der Waals surface area contributed by atoms with Crippen molar-refractivity contribution in [3.05, 3.63) is 70.5 Å². The van der Waals surface area contributed by atoms with Crippen molar-refractivity contribution < 1.29 is 22.0 Å². The molecule has 6 heteroatoms. The Labute approximate surface area is 110 Å². The van der Waals surface area contributed by atoms with Crippen molar-refractivity contribution in [1.29, 1.82) is 5.26 Å². The molecule has 2 aromatic carbocycles. The molecule has 0 heterocycles. The van der Waals surface area contributed by atoms with Gasteiger partial charge in [0.15, 0.2) is 23.3 Å². The van der Waals surface area contributed by atoms with E-state index in [4.69, 9.17) is 5.26 Å². The molecule has 0 aliphatic carbocycles. The van der Waals surface area contributed by atoms with Gasteiger partial charge in [0.1, 0.15) is 11.7 Å². The zero-order valence-electron chi connectivity index (χ0n) is 9.80. The Kier molecular flexibility index (Phi) is 3.70. The lowest BCUT2D eigenvalue weighted by Gasteiger charge is -2.13. The molecule has 0 aliphatic rings. The normalized spacial score (nSPS) is 12.0. The van der Waals surface area contributed by atoms with Crippen LogP contribution in [0, 0.1) is 40.4 Å². The highest BCUT2D eigenvalue weighted by atomic mass is 19.2. The second-order valence-corrected chi connectivity index (χ2v) is 4.00. The number of hydrogen-bond donors (Lipinski definition) is 0. The first-order valence-electron chi connectivity index (χ1n) is 5.43. The van der Waals surface area contributed by atoms with Gasteiger partial charge in [-0.05, 0) is 17.7 Å². The van der Waals surface area contributed by atoms with Gasteiger partial charge < -0.3 is 0 Å². The van der Waals surface area contributed by atoms with Crippen LogP contribution in [0.2, 0.25) is 0 Å². The van der Waals surface area contributed by atoms with Crippen molar-refractivity contribution in [3.63, 3.8) is 0 Å². The van der Waals surface area contributed by atoms with Crippen LogP contribution in [0.3, 0.4) is 0 Å². The molecule has 0 aliphatic heterocycles. The average molecular weight is 283 g/mol. The second kappa shape index (κ2) is 5.29. The molecule has 0 fully saturated rings. The minimum absolute atomic E-state index is 0.0247. The quantitative estimate of drug-likeness (QED) is 0.603. The van der Waals surface area contributed by atoms with Crippen LogP contribution in [0.25, 0.3) is 0 Å². The van der Waals surface area contributed by atoms with E-state index in [0.29, 0.717) is 0 Å². The first-order chi connectivity index (χ1) is 9.45. The minimum Gasteiger partial charge on any atom is -0.207 e. The molecule has 0 N–H and O–H groups in total. The van der Waals surface area contributed by atoms with Crippen LogP contribution >= 0.6 is 0 Å². The Morgan fingerprint density at radius 1 is 0.850 bits per heavy atom. The fourth-order valence-electron chi connectivity index (χ4n) is 1.81. The first kappa shape index (κ1) is 14.0. The number of benzene rings is 2. The lowest BCUT2D eigenvalue weighted by molar-refractivity contribution is 0.438. The molecule has 0 spiro atoms. The van der Waals surface area contributed by atoms with Gasteiger partial charge in [0, 0.05) is 6.07 Å². The van der Waals surface area contributed by atoms with Crippen molar-refractivity contribution in [1.82, 2.24) is 0 Å². The van der Waals surface area contributed by atoms with Gasteiger partial charge in [-0.1, -0.05) is 12.1 Å². The largest absolute Gasteiger partial charge is 0.207 e. The molecule has 0 saturated carbocycles. The van der Waals surface area contributed by atoms with Gasteiger partial charge in [0.2, 0.25) is 0 Å². The summed E-state index contributed by atoms with van der Waals surface area (Å²) in [4.78, 5) is 0. The van der Waals surface area contributed by atoms with Gasteiger partial charge in [-0.3, -0.25) is 0 Å². The Morgan fingerprint density at radius 3 is 1.80 bits per heavy atom. The highest BCUT2D eigenvalue weighted by Gasteiger charge is 2.27. The summed E-state index contributed by atoms with van der Waals surface area (Å²) in [5.74, 6) is -8.67. The van der Waals surface area contributed by atoms with Gasteiger partial charge >= 0.3 is 0 Å². The molecule has 20 heavy (non-hydrogen) atoms. The van der Waals surface area contributed by atoms with Gasteiger partial charge in [-0.25, -0.2) is 22.0 Å². The van der Waals surface area contributed by atoms with Crippen molar-refractivity contribution >= 4 is 0 Å². The first-order valence-corrected chi connectivity index (χ1v) is 5.43. The van der Waals surface area contributed by atoms with Crippen molar-refractivity contribution in [2.45, 2.75) is 5.92 Å². The predicted molar refractivity (Wildman–Crippen MR) is 60.1 cm³/mol. The molecule has 0 aromatic heterocycles. The Hall–Kier alpha value is -2.42. The summed E-state index contributed by atoms with van der Waals surface area (Å²) in [7, 11) is 0. The molecular weight excluding hydrogens is 277 g/mol. The van der Waals surface area contributed by atoms with E-state index in [-0.39, 0.29) is 11.6 Å². The van der Waals surface area contributed by atoms with Gasteiger partial charge in [-0.2, -0.15) is 5.26 Å². The fraction of sp³-hybridized carbons (Fsp3) is 0.0714. The highest BCUT2D eigenvalue weighted by molar-refractivity contribution is 5.40. The smallest absolute Gasteiger partial charge is 0.166 e. The molecule has 1 nitrogen and oxygen atoms in total. The zero-order chi connectivity index (χ0) is 14.9. The maximum Gasteiger partial charge on any atom is 0.166 e. The van der Waals surface area contributed by atoms with Crippen molar-refractivity contribution in [2.24, 2.45) is 0 Å². The lowest BCUT2D eigenvalue weighted by Crippen LogP contribution is -2.09. The maximum atomic E-state index is 13.6. The van der Waals surface area contributed by atoms with Crippen LogP contribution in [0.1, 0.15) is 17.0 Å². The lowest BCUT2D eigenvalue weighted by atomic mass is 9.91. The summed E-state index contributed by atoms with van der Waals surface area (Å²) in [6.45, 7) is 0. The van der Waals surface area contributed by atoms with Crippen LogP contribution in [-0.4, -0.2) is 0 Å². The van der Waals surface area contributed by atoms with E-state index in [1.807, 2.05) is 0 Å². The Morgan fingerprint density at radius 2 is 1.35 bits per heavy atom. The number of rotatable bonds is 2. The third kappa shape index (κ3) is 2.35. The second-order valence-electron chi connectivity index (χ2n) is 4.00. The Bertz CT molecular complexity index is 662. The van der Waals surface area contributed by atoms with Crippen LogP contribution in [0.4, 0.5) is 22.0 Å². The monoisotopic (exact) mass is 283 g/mol. The van der Waals surface area contributed by atoms with E-state index in [1.165, 1.54) is 0 Å². The van der Waals surface area contributed by atoms with Gasteiger partial charge in [-0.15, -0.1) is 0 Å². The summed E-state index contributed by atoms with van der Waals surface area (Å²) < 4.78 is 66.4. The summed E-state index contributed by atoms with van der Waals surface area (Å²) in [5.41, 5.74) is -1.01. The fourth-order valence-corrected chi connectivity index (χ4v) is 1.81. The van der Waals surface area contributed by atoms with E-state index < -0.39 is 40.6 Å². The molecule has 2 aromatic rings. The number of nitrogens with zero attached hydrogens (tertiary/aromatic N) is 1. The third-order valence-electron chi connectivity index (χ3n) is 2.77. The number of halogens is 5. The van der Waals surface area contributed by atoms with E-state index >= 15 is 0 Å². The topological polar surface area (TPSA) is 23.8 Å². The molecule has 2 rings (SSSR count). The SMILES string of the molecule is N#CC(c1ccc(F)cc1)c1c(F)c(F)cc(F)c1F. The van der Waals surface area contributed by atoms with Gasteiger partial charge in [0.05, 0.1) is 11.6 Å². The van der Waals surface area contributed by atoms with Crippen molar-refractivity contribution in [3.8, 4) is 6.07 Å². The maximum absolute atomic E-state index is 13.6. The molecule has 0 amide bonds. The van der Waals surface area contributed by atoms with E-state index in [1.54, 1.807) is 6.07 Å². The molecular formula is C14H6F5N. The van der Waals surface area contributed by atoms with Gasteiger partial charge in [0.25, 0.3) is 0 Å². The van der Waals surface area contributed by atoms with Crippen molar-refractivity contribution in [2.75, 3.05) is 0 Å². The van der Waals surface area contributed by atoms with Crippen LogP contribution < -0.4 is 0 Å². The number of hydrogen-bond acceptors (Lipinski definition) is 1. The standard InChI is InChI=1S/C14H6F5N/c15-8-3-1-7(2-4-8)9(6-20)12-13(18)10(16)5-11(17)14(12)19/h1-5,9H. The van der Waals surface area contributed by atoms with E-state index in [0.717, 1.165) is 24.3 Å². The molecule has 0 radical (unpaired) electrons. The summed E-state index contributed by atoms with van der Waals surface area (Å²) in [5, 5.41) is 9.01. The molecule has 102 valence electrons. The zero-order valence-corrected chi connectivity index (χ0v) is 9.80. The van der Waals surface area contributed by atoms with Crippen LogP contribution in [0.15, 0.2) is 30.3 Å². The highest BCUT2D eigenvalue weighted by Crippen LogP contribution is 2.31. The van der Waals surface area contributed by atoms with E-state index in [9.17, 15) is 22.0 Å².